The molecule has 0 aliphatic carbocycles. The smallest absolute Gasteiger partial charge is 0.00982 e. The van der Waals surface area contributed by atoms with Crippen LogP contribution in [-0.2, 0) is 6.42 Å². The Kier molecular flexibility index (Phi) is 7.04. The van der Waals surface area contributed by atoms with E-state index in [0.717, 1.165) is 18.4 Å². The average Bonchev–Trinajstić information content (AvgIpc) is 2.39. The molecule has 0 spiro atoms. The lowest BCUT2D eigenvalue weighted by Crippen LogP contribution is -2.38. The van der Waals surface area contributed by atoms with Gasteiger partial charge < -0.3 is 5.32 Å². The molecule has 0 bridgehead atoms. The minimum atomic E-state index is 0.644. The van der Waals surface area contributed by atoms with Crippen molar-refractivity contribution in [3.63, 3.8) is 0 Å². The summed E-state index contributed by atoms with van der Waals surface area (Å²) in [5.74, 6) is 1.48. The van der Waals surface area contributed by atoms with Gasteiger partial charge in [0.15, 0.2) is 0 Å². The highest BCUT2D eigenvalue weighted by molar-refractivity contribution is 5.14. The van der Waals surface area contributed by atoms with Gasteiger partial charge in [-0.1, -0.05) is 58.0 Å². The van der Waals surface area contributed by atoms with Crippen molar-refractivity contribution in [3.05, 3.63) is 35.9 Å². The van der Waals surface area contributed by atoms with Gasteiger partial charge in [0.05, 0.1) is 0 Å². The van der Waals surface area contributed by atoms with E-state index in [4.69, 9.17) is 0 Å². The van der Waals surface area contributed by atoms with E-state index in [9.17, 15) is 0 Å². The van der Waals surface area contributed by atoms with Gasteiger partial charge in [-0.3, -0.25) is 0 Å². The minimum Gasteiger partial charge on any atom is -0.314 e. The Morgan fingerprint density at radius 3 is 2.28 bits per heavy atom. The topological polar surface area (TPSA) is 12.0 Å². The third-order valence-electron chi connectivity index (χ3n) is 3.93. The molecule has 1 heteroatoms. The van der Waals surface area contributed by atoms with Gasteiger partial charge in [-0.25, -0.2) is 0 Å². The fraction of sp³-hybridized carbons (Fsp3) is 0.647. The van der Waals surface area contributed by atoms with E-state index in [-0.39, 0.29) is 0 Å². The first-order valence-corrected chi connectivity index (χ1v) is 7.42. The molecule has 1 N–H and O–H groups in total. The van der Waals surface area contributed by atoms with Gasteiger partial charge >= 0.3 is 0 Å². The second-order valence-corrected chi connectivity index (χ2v) is 5.69. The molecule has 0 fully saturated rings. The van der Waals surface area contributed by atoms with Crippen molar-refractivity contribution in [3.8, 4) is 0 Å². The molecule has 1 aromatic carbocycles. The molecule has 0 aliphatic heterocycles. The maximum Gasteiger partial charge on any atom is 0.00982 e. The summed E-state index contributed by atoms with van der Waals surface area (Å²) in [5.41, 5.74) is 1.46. The van der Waals surface area contributed by atoms with Crippen molar-refractivity contribution >= 4 is 0 Å². The van der Waals surface area contributed by atoms with Crippen molar-refractivity contribution in [2.45, 2.75) is 53.0 Å². The van der Waals surface area contributed by atoms with E-state index in [1.54, 1.807) is 0 Å². The lowest BCUT2D eigenvalue weighted by atomic mass is 9.87. The van der Waals surface area contributed by atoms with Gasteiger partial charge in [0, 0.05) is 6.04 Å². The van der Waals surface area contributed by atoms with Crippen LogP contribution >= 0.6 is 0 Å². The number of hydrogen-bond donors (Lipinski definition) is 1. The Bertz CT molecular complexity index is 305. The summed E-state index contributed by atoms with van der Waals surface area (Å²) in [6, 6.07) is 11.5. The van der Waals surface area contributed by atoms with Crippen LogP contribution in [0.15, 0.2) is 30.3 Å². The standard InChI is InChI=1S/C17H29N/c1-5-13-18-17(15(4)14(2)3)12-11-16-9-7-6-8-10-16/h6-10,14-15,17-18H,5,11-13H2,1-4H3. The minimum absolute atomic E-state index is 0.644. The zero-order valence-corrected chi connectivity index (χ0v) is 12.4. The van der Waals surface area contributed by atoms with Gasteiger partial charge in [0.2, 0.25) is 0 Å². The van der Waals surface area contributed by atoms with Crippen LogP contribution < -0.4 is 5.32 Å². The summed E-state index contributed by atoms with van der Waals surface area (Å²) >= 11 is 0. The normalized spacial score (nSPS) is 14.7. The zero-order chi connectivity index (χ0) is 13.4. The van der Waals surface area contributed by atoms with Crippen LogP contribution in [0.4, 0.5) is 0 Å². The Morgan fingerprint density at radius 2 is 1.72 bits per heavy atom. The molecule has 0 heterocycles. The maximum absolute atomic E-state index is 3.72. The molecular weight excluding hydrogens is 218 g/mol. The predicted octanol–water partition coefficient (Wildman–Crippen LogP) is 4.28. The van der Waals surface area contributed by atoms with E-state index in [1.165, 1.54) is 24.8 Å². The van der Waals surface area contributed by atoms with Gasteiger partial charge in [-0.15, -0.1) is 0 Å². The molecule has 102 valence electrons. The van der Waals surface area contributed by atoms with Gasteiger partial charge in [0.25, 0.3) is 0 Å². The Labute approximate surface area is 113 Å². The molecule has 0 radical (unpaired) electrons. The molecule has 0 aromatic heterocycles. The maximum atomic E-state index is 3.72. The Hall–Kier alpha value is -0.820. The van der Waals surface area contributed by atoms with E-state index >= 15 is 0 Å². The highest BCUT2D eigenvalue weighted by Gasteiger charge is 2.19. The number of nitrogens with one attached hydrogen (secondary N) is 1. The molecule has 1 rings (SSSR count). The average molecular weight is 247 g/mol. The third-order valence-corrected chi connectivity index (χ3v) is 3.93. The van der Waals surface area contributed by atoms with E-state index in [1.807, 2.05) is 0 Å². The first-order valence-electron chi connectivity index (χ1n) is 7.42. The van der Waals surface area contributed by atoms with Crippen LogP contribution in [0.5, 0.6) is 0 Å². The van der Waals surface area contributed by atoms with Crippen LogP contribution in [0.3, 0.4) is 0 Å². The van der Waals surface area contributed by atoms with Crippen molar-refractivity contribution in [1.82, 2.24) is 5.32 Å². The lowest BCUT2D eigenvalue weighted by Gasteiger charge is -2.28. The molecule has 18 heavy (non-hydrogen) atoms. The van der Waals surface area contributed by atoms with Crippen LogP contribution in [0.25, 0.3) is 0 Å². The van der Waals surface area contributed by atoms with Gasteiger partial charge in [-0.2, -0.15) is 0 Å². The zero-order valence-electron chi connectivity index (χ0n) is 12.4. The number of aryl methyl sites for hydroxylation is 1. The van der Waals surface area contributed by atoms with Crippen LogP contribution in [0, 0.1) is 11.8 Å². The first-order chi connectivity index (χ1) is 8.65. The van der Waals surface area contributed by atoms with Crippen LogP contribution in [-0.4, -0.2) is 12.6 Å². The third kappa shape index (κ3) is 5.22. The van der Waals surface area contributed by atoms with Crippen molar-refractivity contribution in [1.29, 1.82) is 0 Å². The SMILES string of the molecule is CCCNC(CCc1ccccc1)C(C)C(C)C. The monoisotopic (exact) mass is 247 g/mol. The second-order valence-electron chi connectivity index (χ2n) is 5.69. The quantitative estimate of drug-likeness (QED) is 0.723. The van der Waals surface area contributed by atoms with Crippen LogP contribution in [0.2, 0.25) is 0 Å². The largest absolute Gasteiger partial charge is 0.314 e. The summed E-state index contributed by atoms with van der Waals surface area (Å²) in [6.07, 6.45) is 3.63. The lowest BCUT2D eigenvalue weighted by molar-refractivity contribution is 0.286. The fourth-order valence-electron chi connectivity index (χ4n) is 2.31. The molecule has 0 saturated carbocycles. The highest BCUT2D eigenvalue weighted by atomic mass is 14.9. The first kappa shape index (κ1) is 15.2. The molecule has 1 aromatic rings. The molecule has 2 atom stereocenters. The van der Waals surface area contributed by atoms with E-state index in [0.29, 0.717) is 6.04 Å². The molecular formula is C17H29N. The van der Waals surface area contributed by atoms with E-state index < -0.39 is 0 Å². The molecule has 0 aliphatic rings. The fourth-order valence-corrected chi connectivity index (χ4v) is 2.31. The summed E-state index contributed by atoms with van der Waals surface area (Å²) in [4.78, 5) is 0. The Morgan fingerprint density at radius 1 is 1.06 bits per heavy atom. The van der Waals surface area contributed by atoms with Crippen molar-refractivity contribution < 1.29 is 0 Å². The van der Waals surface area contributed by atoms with Crippen molar-refractivity contribution in [2.24, 2.45) is 11.8 Å². The highest BCUT2D eigenvalue weighted by Crippen LogP contribution is 2.19. The van der Waals surface area contributed by atoms with E-state index in [2.05, 4.69) is 63.3 Å². The summed E-state index contributed by atoms with van der Waals surface area (Å²) in [5, 5.41) is 3.72. The summed E-state index contributed by atoms with van der Waals surface area (Å²) in [7, 11) is 0. The summed E-state index contributed by atoms with van der Waals surface area (Å²) in [6.45, 7) is 10.4. The molecule has 2 unspecified atom stereocenters. The Balaban J connectivity index is 2.50. The second kappa shape index (κ2) is 8.31. The van der Waals surface area contributed by atoms with Gasteiger partial charge in [0.1, 0.15) is 0 Å². The van der Waals surface area contributed by atoms with Crippen LogP contribution in [0.1, 0.15) is 46.1 Å². The number of benzene rings is 1. The molecule has 0 amide bonds. The van der Waals surface area contributed by atoms with Gasteiger partial charge in [-0.05, 0) is 43.2 Å². The van der Waals surface area contributed by atoms with Crippen molar-refractivity contribution in [2.75, 3.05) is 6.54 Å². The number of rotatable bonds is 8. The predicted molar refractivity (Wildman–Crippen MR) is 80.8 cm³/mol. The molecule has 1 nitrogen and oxygen atoms in total. The number of hydrogen-bond acceptors (Lipinski definition) is 1. The molecule has 0 saturated heterocycles. The summed E-state index contributed by atoms with van der Waals surface area (Å²) < 4.78 is 0.